The molecule has 3 aromatic rings. The van der Waals surface area contributed by atoms with Crippen molar-refractivity contribution in [3.63, 3.8) is 0 Å². The Balaban J connectivity index is 1.77. The largest absolute Gasteiger partial charge is 0.475 e. The molecule has 3 rings (SSSR count). The number of carbonyl (C=O) groups excluding carboxylic acids is 1. The van der Waals surface area contributed by atoms with Gasteiger partial charge in [0.15, 0.2) is 6.10 Å². The SMILES string of the molecule is Cc1ccc(C(O)C(O)C(O)C(O)C(=O)C(=O)O)cc1Cc1ccc(-c2ccc(F)cc2)s1. The van der Waals surface area contributed by atoms with Gasteiger partial charge in [-0.15, -0.1) is 11.3 Å². The number of aliphatic hydroxyl groups excluding tert-OH is 4. The van der Waals surface area contributed by atoms with Crippen LogP contribution >= 0.6 is 11.3 Å². The van der Waals surface area contributed by atoms with Gasteiger partial charge in [-0.1, -0.05) is 30.3 Å². The summed E-state index contributed by atoms with van der Waals surface area (Å²) in [4.78, 5) is 24.0. The first kappa shape index (κ1) is 24.7. The number of aliphatic carboxylic acids is 1. The van der Waals surface area contributed by atoms with E-state index in [0.717, 1.165) is 26.4 Å². The van der Waals surface area contributed by atoms with Gasteiger partial charge < -0.3 is 25.5 Å². The number of hydrogen-bond donors (Lipinski definition) is 5. The number of carbonyl (C=O) groups is 2. The highest BCUT2D eigenvalue weighted by Gasteiger charge is 2.37. The summed E-state index contributed by atoms with van der Waals surface area (Å²) in [5, 5.41) is 49.0. The Hall–Kier alpha value is -2.95. The number of ketones is 1. The van der Waals surface area contributed by atoms with Crippen LogP contribution < -0.4 is 0 Å². The number of rotatable bonds is 9. The normalized spacial score (nSPS) is 15.0. The lowest BCUT2D eigenvalue weighted by Crippen LogP contribution is -2.47. The summed E-state index contributed by atoms with van der Waals surface area (Å²) in [6, 6.07) is 14.9. The van der Waals surface area contributed by atoms with Crippen LogP contribution in [-0.4, -0.2) is 55.6 Å². The second-order valence-corrected chi connectivity index (χ2v) is 8.84. The van der Waals surface area contributed by atoms with Gasteiger partial charge in [0.05, 0.1) is 0 Å². The van der Waals surface area contributed by atoms with Crippen LogP contribution in [0.1, 0.15) is 27.7 Å². The molecule has 174 valence electrons. The standard InChI is InChI=1S/C24H23FO7S/c1-12-2-3-14(19(26)20(27)21(28)22(29)23(30)24(31)32)10-15(12)11-17-8-9-18(33-17)13-4-6-16(25)7-5-13/h2-10,19-22,26-29H,11H2,1H3,(H,31,32). The first-order chi connectivity index (χ1) is 15.6. The quantitative estimate of drug-likeness (QED) is 0.300. The Kier molecular flexibility index (Phi) is 7.72. The Labute approximate surface area is 193 Å². The highest BCUT2D eigenvalue weighted by Crippen LogP contribution is 2.31. The molecule has 4 atom stereocenters. The first-order valence-electron chi connectivity index (χ1n) is 10.0. The number of halogens is 1. The molecular weight excluding hydrogens is 451 g/mol. The summed E-state index contributed by atoms with van der Waals surface area (Å²) >= 11 is 1.53. The van der Waals surface area contributed by atoms with E-state index in [4.69, 9.17) is 5.11 Å². The highest BCUT2D eigenvalue weighted by molar-refractivity contribution is 7.15. The second-order valence-electron chi connectivity index (χ2n) is 7.68. The molecule has 0 saturated carbocycles. The maximum absolute atomic E-state index is 13.2. The highest BCUT2D eigenvalue weighted by atomic mass is 32.1. The third kappa shape index (κ3) is 5.70. The van der Waals surface area contributed by atoms with Gasteiger partial charge in [-0.25, -0.2) is 9.18 Å². The second kappa shape index (κ2) is 10.3. The van der Waals surface area contributed by atoms with Crippen molar-refractivity contribution in [1.82, 2.24) is 0 Å². The molecule has 9 heteroatoms. The van der Waals surface area contributed by atoms with Gasteiger partial charge in [0.1, 0.15) is 24.1 Å². The third-order valence-corrected chi connectivity index (χ3v) is 6.48. The number of thiophene rings is 1. The van der Waals surface area contributed by atoms with Crippen molar-refractivity contribution in [3.05, 3.63) is 82.0 Å². The zero-order valence-electron chi connectivity index (χ0n) is 17.6. The van der Waals surface area contributed by atoms with E-state index < -0.39 is 36.2 Å². The van der Waals surface area contributed by atoms with Crippen molar-refractivity contribution < 1.29 is 39.5 Å². The predicted molar refractivity (Wildman–Crippen MR) is 119 cm³/mol. The molecule has 0 bridgehead atoms. The summed E-state index contributed by atoms with van der Waals surface area (Å²) < 4.78 is 13.2. The Morgan fingerprint density at radius 3 is 2.24 bits per heavy atom. The Bertz CT molecular complexity index is 1140. The van der Waals surface area contributed by atoms with E-state index in [0.29, 0.717) is 6.42 Å². The lowest BCUT2D eigenvalue weighted by molar-refractivity contribution is -0.161. The predicted octanol–water partition coefficient (Wildman–Crippen LogP) is 2.22. The fourth-order valence-electron chi connectivity index (χ4n) is 3.35. The van der Waals surface area contributed by atoms with Gasteiger partial charge in [-0.2, -0.15) is 0 Å². The zero-order chi connectivity index (χ0) is 24.3. The van der Waals surface area contributed by atoms with E-state index in [1.807, 2.05) is 19.1 Å². The fraction of sp³-hybridized carbons (Fsp3) is 0.250. The molecule has 0 fully saturated rings. The van der Waals surface area contributed by atoms with Crippen molar-refractivity contribution >= 4 is 23.1 Å². The first-order valence-corrected chi connectivity index (χ1v) is 10.8. The van der Waals surface area contributed by atoms with Crippen molar-refractivity contribution in [2.45, 2.75) is 37.8 Å². The molecule has 1 aromatic heterocycles. The molecule has 2 aromatic carbocycles. The number of hydrogen-bond acceptors (Lipinski definition) is 7. The summed E-state index contributed by atoms with van der Waals surface area (Å²) in [5.74, 6) is -3.96. The van der Waals surface area contributed by atoms with Crippen LogP contribution in [0.4, 0.5) is 4.39 Å². The van der Waals surface area contributed by atoms with Crippen LogP contribution in [-0.2, 0) is 16.0 Å². The number of carboxylic acids is 1. The number of benzene rings is 2. The molecule has 1 heterocycles. The molecule has 0 aliphatic carbocycles. The van der Waals surface area contributed by atoms with E-state index in [2.05, 4.69) is 0 Å². The van der Waals surface area contributed by atoms with E-state index >= 15 is 0 Å². The van der Waals surface area contributed by atoms with E-state index in [9.17, 15) is 34.4 Å². The number of aryl methyl sites for hydroxylation is 1. The van der Waals surface area contributed by atoms with Gasteiger partial charge in [-0.3, -0.25) is 4.79 Å². The molecular formula is C24H23FO7S. The number of aliphatic hydroxyl groups is 4. The van der Waals surface area contributed by atoms with E-state index in [-0.39, 0.29) is 11.4 Å². The van der Waals surface area contributed by atoms with Crippen LogP contribution in [0.25, 0.3) is 10.4 Å². The molecule has 0 aliphatic heterocycles. The molecule has 0 amide bonds. The van der Waals surface area contributed by atoms with E-state index in [1.165, 1.54) is 29.5 Å². The average molecular weight is 475 g/mol. The fourth-order valence-corrected chi connectivity index (χ4v) is 4.38. The molecule has 4 unspecified atom stereocenters. The summed E-state index contributed by atoms with van der Waals surface area (Å²) in [5.41, 5.74) is 2.87. The van der Waals surface area contributed by atoms with Crippen molar-refractivity contribution in [1.29, 1.82) is 0 Å². The summed E-state index contributed by atoms with van der Waals surface area (Å²) in [6.45, 7) is 1.88. The van der Waals surface area contributed by atoms with Gasteiger partial charge in [0, 0.05) is 16.2 Å². The van der Waals surface area contributed by atoms with Crippen LogP contribution in [0.3, 0.4) is 0 Å². The van der Waals surface area contributed by atoms with Crippen LogP contribution in [0.5, 0.6) is 0 Å². The Morgan fingerprint density at radius 1 is 0.939 bits per heavy atom. The lowest BCUT2D eigenvalue weighted by Gasteiger charge is -2.26. The minimum atomic E-state index is -2.38. The van der Waals surface area contributed by atoms with Gasteiger partial charge in [-0.05, 0) is 53.4 Å². The van der Waals surface area contributed by atoms with Crippen LogP contribution in [0.15, 0.2) is 54.6 Å². The van der Waals surface area contributed by atoms with Crippen LogP contribution in [0, 0.1) is 12.7 Å². The molecule has 33 heavy (non-hydrogen) atoms. The number of Topliss-reactive ketones (excluding diaryl/α,β-unsaturated/α-hetero) is 1. The molecule has 0 aliphatic rings. The van der Waals surface area contributed by atoms with Crippen LogP contribution in [0.2, 0.25) is 0 Å². The van der Waals surface area contributed by atoms with Crippen molar-refractivity contribution in [2.24, 2.45) is 0 Å². The van der Waals surface area contributed by atoms with E-state index in [1.54, 1.807) is 24.3 Å². The number of carboxylic acid groups (broad SMARTS) is 1. The maximum atomic E-state index is 13.2. The smallest absolute Gasteiger partial charge is 0.375 e. The summed E-state index contributed by atoms with van der Waals surface area (Å²) in [6.07, 6.45) is -7.73. The van der Waals surface area contributed by atoms with Gasteiger partial charge in [0.2, 0.25) is 0 Å². The molecule has 0 radical (unpaired) electrons. The van der Waals surface area contributed by atoms with Crippen molar-refractivity contribution in [3.8, 4) is 10.4 Å². The zero-order valence-corrected chi connectivity index (χ0v) is 18.4. The Morgan fingerprint density at radius 2 is 1.61 bits per heavy atom. The lowest BCUT2D eigenvalue weighted by atomic mass is 9.93. The van der Waals surface area contributed by atoms with Gasteiger partial charge in [0.25, 0.3) is 5.78 Å². The monoisotopic (exact) mass is 474 g/mol. The van der Waals surface area contributed by atoms with Gasteiger partial charge >= 0.3 is 5.97 Å². The molecule has 5 N–H and O–H groups in total. The minimum Gasteiger partial charge on any atom is -0.475 e. The molecule has 0 saturated heterocycles. The molecule has 7 nitrogen and oxygen atoms in total. The van der Waals surface area contributed by atoms with Crippen molar-refractivity contribution in [2.75, 3.05) is 0 Å². The summed E-state index contributed by atoms with van der Waals surface area (Å²) in [7, 11) is 0. The average Bonchev–Trinajstić information content (AvgIpc) is 3.26. The molecule has 0 spiro atoms. The topological polar surface area (TPSA) is 135 Å². The third-order valence-electron chi connectivity index (χ3n) is 5.35. The minimum absolute atomic E-state index is 0.229. The maximum Gasteiger partial charge on any atom is 0.375 e.